The van der Waals surface area contributed by atoms with Crippen LogP contribution in [0.5, 0.6) is 0 Å². The van der Waals surface area contributed by atoms with E-state index >= 15 is 0 Å². The quantitative estimate of drug-likeness (QED) is 0.529. The Balaban J connectivity index is 2.11. The Bertz CT molecular complexity index is 385. The average molecular weight is 246 g/mol. The SMILES string of the molecule is CCC=C1CCC(C)(C)C23CCC(C2)C(C)(C)C13. The molecular formula is C18H30. The fourth-order valence-corrected chi connectivity index (χ4v) is 6.09. The molecule has 0 saturated heterocycles. The minimum Gasteiger partial charge on any atom is -0.0853 e. The zero-order valence-corrected chi connectivity index (χ0v) is 13.0. The molecule has 2 bridgehead atoms. The zero-order valence-electron chi connectivity index (χ0n) is 13.0. The summed E-state index contributed by atoms with van der Waals surface area (Å²) in [5.74, 6) is 1.87. The van der Waals surface area contributed by atoms with Gasteiger partial charge < -0.3 is 0 Å². The third-order valence-corrected chi connectivity index (χ3v) is 7.12. The fourth-order valence-electron chi connectivity index (χ4n) is 6.09. The van der Waals surface area contributed by atoms with Gasteiger partial charge in [-0.2, -0.15) is 0 Å². The maximum absolute atomic E-state index is 2.57. The molecular weight excluding hydrogens is 216 g/mol. The Kier molecular flexibility index (Phi) is 2.58. The summed E-state index contributed by atoms with van der Waals surface area (Å²) in [6, 6.07) is 0. The summed E-state index contributed by atoms with van der Waals surface area (Å²) >= 11 is 0. The largest absolute Gasteiger partial charge is 0.0853 e. The molecule has 0 aromatic carbocycles. The summed E-state index contributed by atoms with van der Waals surface area (Å²) in [5, 5.41) is 0. The molecule has 3 rings (SSSR count). The maximum Gasteiger partial charge on any atom is -0.00874 e. The standard InChI is InChI=1S/C18H30/c1-6-7-13-8-10-16(2,3)18-11-9-14(12-18)17(4,5)15(13)18/h7,14-15H,6,8-12H2,1-5H3. The predicted octanol–water partition coefficient (Wildman–Crippen LogP) is 5.59. The highest BCUT2D eigenvalue weighted by Crippen LogP contribution is 2.76. The van der Waals surface area contributed by atoms with E-state index < -0.39 is 0 Å². The summed E-state index contributed by atoms with van der Waals surface area (Å²) in [7, 11) is 0. The van der Waals surface area contributed by atoms with Gasteiger partial charge in [-0.3, -0.25) is 0 Å². The molecule has 0 radical (unpaired) electrons. The van der Waals surface area contributed by atoms with Gasteiger partial charge in [-0.05, 0) is 66.6 Å². The van der Waals surface area contributed by atoms with Crippen LogP contribution in [-0.4, -0.2) is 0 Å². The number of allylic oxidation sites excluding steroid dienone is 2. The summed E-state index contributed by atoms with van der Waals surface area (Å²) in [4.78, 5) is 0. The van der Waals surface area contributed by atoms with Crippen molar-refractivity contribution in [1.29, 1.82) is 0 Å². The highest BCUT2D eigenvalue weighted by atomic mass is 14.7. The summed E-state index contributed by atoms with van der Waals surface area (Å²) in [6.07, 6.45) is 11.1. The van der Waals surface area contributed by atoms with E-state index in [1.807, 2.05) is 5.57 Å². The Labute approximate surface area is 113 Å². The average Bonchev–Trinajstić information content (AvgIpc) is 2.79. The van der Waals surface area contributed by atoms with Crippen LogP contribution in [0.3, 0.4) is 0 Å². The van der Waals surface area contributed by atoms with E-state index in [0.717, 1.165) is 11.8 Å². The third-order valence-electron chi connectivity index (χ3n) is 7.12. The van der Waals surface area contributed by atoms with Gasteiger partial charge in [-0.1, -0.05) is 46.3 Å². The highest BCUT2D eigenvalue weighted by molar-refractivity contribution is 5.28. The molecule has 18 heavy (non-hydrogen) atoms. The lowest BCUT2D eigenvalue weighted by molar-refractivity contribution is -0.0337. The van der Waals surface area contributed by atoms with Gasteiger partial charge in [-0.25, -0.2) is 0 Å². The van der Waals surface area contributed by atoms with E-state index in [9.17, 15) is 0 Å². The summed E-state index contributed by atoms with van der Waals surface area (Å²) in [5.41, 5.74) is 3.58. The van der Waals surface area contributed by atoms with Crippen molar-refractivity contribution in [3.8, 4) is 0 Å². The molecule has 0 nitrogen and oxygen atoms in total. The monoisotopic (exact) mass is 246 g/mol. The first-order valence-corrected chi connectivity index (χ1v) is 8.04. The summed E-state index contributed by atoms with van der Waals surface area (Å²) in [6.45, 7) is 12.6. The minimum atomic E-state index is 0.553. The Morgan fingerprint density at radius 3 is 2.56 bits per heavy atom. The normalized spacial score (nSPS) is 46.4. The van der Waals surface area contributed by atoms with Crippen LogP contribution in [0.15, 0.2) is 11.6 Å². The first-order valence-electron chi connectivity index (χ1n) is 8.04. The van der Waals surface area contributed by atoms with Gasteiger partial charge in [0.05, 0.1) is 0 Å². The second-order valence-electron chi connectivity index (χ2n) is 8.42. The van der Waals surface area contributed by atoms with E-state index in [1.54, 1.807) is 0 Å². The predicted molar refractivity (Wildman–Crippen MR) is 78.4 cm³/mol. The molecule has 3 saturated carbocycles. The lowest BCUT2D eigenvalue weighted by Gasteiger charge is -2.57. The molecule has 3 fully saturated rings. The van der Waals surface area contributed by atoms with Crippen LogP contribution in [0.4, 0.5) is 0 Å². The first-order chi connectivity index (χ1) is 8.35. The van der Waals surface area contributed by atoms with Gasteiger partial charge in [-0.15, -0.1) is 0 Å². The molecule has 0 aromatic rings. The van der Waals surface area contributed by atoms with E-state index in [2.05, 4.69) is 40.7 Å². The van der Waals surface area contributed by atoms with Crippen molar-refractivity contribution in [2.24, 2.45) is 28.1 Å². The van der Waals surface area contributed by atoms with Crippen LogP contribution in [0.25, 0.3) is 0 Å². The van der Waals surface area contributed by atoms with E-state index in [1.165, 1.54) is 38.5 Å². The molecule has 0 N–H and O–H groups in total. The van der Waals surface area contributed by atoms with Gasteiger partial charge >= 0.3 is 0 Å². The zero-order chi connectivity index (χ0) is 13.2. The van der Waals surface area contributed by atoms with Crippen molar-refractivity contribution in [1.82, 2.24) is 0 Å². The van der Waals surface area contributed by atoms with E-state index in [4.69, 9.17) is 0 Å². The molecule has 0 aliphatic heterocycles. The molecule has 0 aromatic heterocycles. The minimum absolute atomic E-state index is 0.553. The number of hydrogen-bond donors (Lipinski definition) is 0. The molecule has 0 heteroatoms. The number of fused-ring (bicyclic) bond motifs is 1. The van der Waals surface area contributed by atoms with Crippen molar-refractivity contribution in [3.05, 3.63) is 11.6 Å². The molecule has 0 heterocycles. The molecule has 3 atom stereocenters. The van der Waals surface area contributed by atoms with Crippen LogP contribution in [0.2, 0.25) is 0 Å². The highest BCUT2D eigenvalue weighted by Gasteiger charge is 2.68. The number of hydrogen-bond acceptors (Lipinski definition) is 0. The number of rotatable bonds is 1. The van der Waals surface area contributed by atoms with Gasteiger partial charge in [0.15, 0.2) is 0 Å². The smallest absolute Gasteiger partial charge is 0.00874 e. The van der Waals surface area contributed by atoms with Crippen LogP contribution in [0.1, 0.15) is 73.1 Å². The second-order valence-corrected chi connectivity index (χ2v) is 8.42. The van der Waals surface area contributed by atoms with Crippen molar-refractivity contribution in [2.45, 2.75) is 73.1 Å². The fraction of sp³-hybridized carbons (Fsp3) is 0.889. The van der Waals surface area contributed by atoms with Gasteiger partial charge in [0, 0.05) is 0 Å². The second kappa shape index (κ2) is 3.64. The Hall–Kier alpha value is -0.260. The van der Waals surface area contributed by atoms with Gasteiger partial charge in [0.1, 0.15) is 0 Å². The van der Waals surface area contributed by atoms with Crippen molar-refractivity contribution < 1.29 is 0 Å². The van der Waals surface area contributed by atoms with Gasteiger partial charge in [0.2, 0.25) is 0 Å². The van der Waals surface area contributed by atoms with E-state index in [0.29, 0.717) is 16.2 Å². The third kappa shape index (κ3) is 1.33. The molecule has 102 valence electrons. The summed E-state index contributed by atoms with van der Waals surface area (Å²) < 4.78 is 0. The van der Waals surface area contributed by atoms with Crippen LogP contribution < -0.4 is 0 Å². The topological polar surface area (TPSA) is 0 Å². The first kappa shape index (κ1) is 12.8. The van der Waals surface area contributed by atoms with E-state index in [-0.39, 0.29) is 0 Å². The maximum atomic E-state index is 2.57. The molecule has 0 amide bonds. The van der Waals surface area contributed by atoms with Crippen molar-refractivity contribution in [2.75, 3.05) is 0 Å². The molecule has 3 unspecified atom stereocenters. The van der Waals surface area contributed by atoms with Crippen molar-refractivity contribution >= 4 is 0 Å². The van der Waals surface area contributed by atoms with Crippen LogP contribution in [0, 0.1) is 28.1 Å². The van der Waals surface area contributed by atoms with Gasteiger partial charge in [0.25, 0.3) is 0 Å². The van der Waals surface area contributed by atoms with Crippen LogP contribution in [-0.2, 0) is 0 Å². The lowest BCUT2D eigenvalue weighted by atomic mass is 9.48. The molecule has 3 aliphatic rings. The Morgan fingerprint density at radius 1 is 1.17 bits per heavy atom. The molecule has 1 spiro atoms. The Morgan fingerprint density at radius 2 is 1.89 bits per heavy atom. The molecule has 3 aliphatic carbocycles. The van der Waals surface area contributed by atoms with Crippen LogP contribution >= 0.6 is 0 Å². The van der Waals surface area contributed by atoms with Crippen molar-refractivity contribution in [3.63, 3.8) is 0 Å². The lowest BCUT2D eigenvalue weighted by Crippen LogP contribution is -2.49.